The van der Waals surface area contributed by atoms with Crippen LogP contribution in [0.3, 0.4) is 0 Å². The van der Waals surface area contributed by atoms with E-state index in [9.17, 15) is 4.79 Å². The zero-order chi connectivity index (χ0) is 12.6. The van der Waals surface area contributed by atoms with Gasteiger partial charge in [0.2, 0.25) is 5.60 Å². The van der Waals surface area contributed by atoms with Crippen LogP contribution >= 0.6 is 11.3 Å². The van der Waals surface area contributed by atoms with Crippen LogP contribution in [0, 0.1) is 12.3 Å². The molecule has 1 N–H and O–H groups in total. The van der Waals surface area contributed by atoms with Crippen molar-refractivity contribution in [3.05, 3.63) is 16.6 Å². The quantitative estimate of drug-likeness (QED) is 0.820. The smallest absolute Gasteiger partial charge is 0.343 e. The summed E-state index contributed by atoms with van der Waals surface area (Å²) >= 11 is 1.30. The Morgan fingerprint density at radius 2 is 2.38 bits per heavy atom. The third-order valence-electron chi connectivity index (χ3n) is 1.89. The Kier molecular flexibility index (Phi) is 6.38. The first-order valence-corrected chi connectivity index (χ1v) is 5.72. The van der Waals surface area contributed by atoms with Gasteiger partial charge < -0.3 is 9.84 Å². The minimum atomic E-state index is -1.51. The second-order valence-electron chi connectivity index (χ2n) is 2.59. The van der Waals surface area contributed by atoms with Gasteiger partial charge in [0.25, 0.3) is 0 Å². The number of hydrogen-bond acceptors (Lipinski definition) is 4. The van der Waals surface area contributed by atoms with Gasteiger partial charge in [-0.05, 0) is 0 Å². The topological polar surface area (TPSA) is 59.4 Å². The summed E-state index contributed by atoms with van der Waals surface area (Å²) < 4.78 is 4.99. The van der Waals surface area contributed by atoms with Gasteiger partial charge in [0, 0.05) is 12.5 Å². The van der Waals surface area contributed by atoms with Crippen LogP contribution in [0.5, 0.6) is 0 Å². The number of nitrogens with zero attached hydrogens (tertiary/aromatic N) is 1. The molecule has 0 aromatic carbocycles. The number of carbonyl (C=O) groups is 1. The SMILES string of the molecule is C#CCC(OC)(C(=O)O)c1cscn1.CC. The molecule has 0 amide bonds. The molecule has 0 bridgehead atoms. The van der Waals surface area contributed by atoms with Crippen LogP contribution < -0.4 is 0 Å². The average Bonchev–Trinajstić information content (AvgIpc) is 2.82. The zero-order valence-corrected chi connectivity index (χ0v) is 10.4. The first kappa shape index (κ1) is 14.6. The first-order valence-electron chi connectivity index (χ1n) is 4.78. The fourth-order valence-corrected chi connectivity index (χ4v) is 1.71. The molecule has 5 heteroatoms. The van der Waals surface area contributed by atoms with Crippen molar-refractivity contribution in [3.63, 3.8) is 0 Å². The molecule has 1 aromatic rings. The van der Waals surface area contributed by atoms with E-state index in [4.69, 9.17) is 16.3 Å². The summed E-state index contributed by atoms with van der Waals surface area (Å²) in [6, 6.07) is 0. The van der Waals surface area contributed by atoms with E-state index in [0.717, 1.165) is 0 Å². The molecule has 0 radical (unpaired) electrons. The lowest BCUT2D eigenvalue weighted by Crippen LogP contribution is -2.37. The number of methoxy groups -OCH3 is 1. The fourth-order valence-electron chi connectivity index (χ4n) is 1.10. The summed E-state index contributed by atoms with van der Waals surface area (Å²) in [5.74, 6) is 1.17. The standard InChI is InChI=1S/C9H9NO3S.C2H6/c1-3-4-9(13-2,8(11)12)7-5-14-6-10-7;1-2/h1,5-6H,4H2,2H3,(H,11,12);1-2H3. The molecule has 88 valence electrons. The number of thiazole rings is 1. The van der Waals surface area contributed by atoms with E-state index in [1.54, 1.807) is 10.9 Å². The van der Waals surface area contributed by atoms with Crippen LogP contribution in [0.4, 0.5) is 0 Å². The molecular formula is C11H15NO3S. The Morgan fingerprint density at radius 3 is 2.69 bits per heavy atom. The van der Waals surface area contributed by atoms with Gasteiger partial charge in [-0.3, -0.25) is 0 Å². The van der Waals surface area contributed by atoms with E-state index in [2.05, 4.69) is 10.9 Å². The predicted molar refractivity (Wildman–Crippen MR) is 63.2 cm³/mol. The molecule has 0 saturated heterocycles. The fraction of sp³-hybridized carbons (Fsp3) is 0.455. The van der Waals surface area contributed by atoms with Gasteiger partial charge >= 0.3 is 5.97 Å². The molecule has 16 heavy (non-hydrogen) atoms. The first-order chi connectivity index (χ1) is 7.67. The van der Waals surface area contributed by atoms with E-state index in [-0.39, 0.29) is 6.42 Å². The van der Waals surface area contributed by atoms with Crippen LogP contribution in [0.25, 0.3) is 0 Å². The van der Waals surface area contributed by atoms with E-state index in [1.807, 2.05) is 13.8 Å². The van der Waals surface area contributed by atoms with Gasteiger partial charge in [0.1, 0.15) is 0 Å². The number of aliphatic carboxylic acids is 1. The monoisotopic (exact) mass is 241 g/mol. The molecule has 0 saturated carbocycles. The van der Waals surface area contributed by atoms with Gasteiger partial charge in [-0.15, -0.1) is 23.7 Å². The molecule has 1 unspecified atom stereocenters. The average molecular weight is 241 g/mol. The highest BCUT2D eigenvalue weighted by Gasteiger charge is 2.41. The minimum Gasteiger partial charge on any atom is -0.479 e. The van der Waals surface area contributed by atoms with Crippen LogP contribution in [0.15, 0.2) is 10.9 Å². The Morgan fingerprint density at radius 1 is 1.75 bits per heavy atom. The maximum Gasteiger partial charge on any atom is 0.343 e. The molecule has 0 fully saturated rings. The van der Waals surface area contributed by atoms with Crippen molar-refractivity contribution in [2.45, 2.75) is 25.9 Å². The van der Waals surface area contributed by atoms with Crippen LogP contribution in [0.2, 0.25) is 0 Å². The molecule has 0 aliphatic carbocycles. The number of terminal acetylenes is 1. The molecule has 1 rings (SSSR count). The number of carboxylic acid groups (broad SMARTS) is 1. The highest BCUT2D eigenvalue weighted by molar-refractivity contribution is 7.07. The largest absolute Gasteiger partial charge is 0.479 e. The van der Waals surface area contributed by atoms with Gasteiger partial charge in [-0.2, -0.15) is 0 Å². The highest BCUT2D eigenvalue weighted by atomic mass is 32.1. The van der Waals surface area contributed by atoms with Gasteiger partial charge in [-0.1, -0.05) is 13.8 Å². The molecule has 0 aliphatic rings. The van der Waals surface area contributed by atoms with E-state index >= 15 is 0 Å². The molecule has 0 spiro atoms. The maximum atomic E-state index is 11.1. The number of ether oxygens (including phenoxy) is 1. The van der Waals surface area contributed by atoms with Gasteiger partial charge in [0.05, 0.1) is 17.6 Å². The Labute approximate surface area is 99.3 Å². The molecule has 1 heterocycles. The molecule has 0 aliphatic heterocycles. The summed E-state index contributed by atoms with van der Waals surface area (Å²) in [5, 5.41) is 10.7. The number of aromatic nitrogens is 1. The lowest BCUT2D eigenvalue weighted by atomic mass is 9.97. The van der Waals surface area contributed by atoms with E-state index < -0.39 is 11.6 Å². The van der Waals surface area contributed by atoms with Crippen molar-refractivity contribution in [1.82, 2.24) is 4.98 Å². The number of carboxylic acids is 1. The Balaban J connectivity index is 0.00000106. The van der Waals surface area contributed by atoms with Crippen LogP contribution in [0.1, 0.15) is 26.0 Å². The summed E-state index contributed by atoms with van der Waals surface area (Å²) in [7, 11) is 1.31. The van der Waals surface area contributed by atoms with Gasteiger partial charge in [-0.25, -0.2) is 9.78 Å². The second-order valence-corrected chi connectivity index (χ2v) is 3.31. The van der Waals surface area contributed by atoms with E-state index in [1.165, 1.54) is 18.4 Å². The van der Waals surface area contributed by atoms with Crippen molar-refractivity contribution < 1.29 is 14.6 Å². The molecule has 1 atom stereocenters. The van der Waals surface area contributed by atoms with Crippen LogP contribution in [-0.2, 0) is 15.1 Å². The predicted octanol–water partition coefficient (Wildman–Crippen LogP) is 2.12. The summed E-state index contributed by atoms with van der Waals surface area (Å²) in [6.45, 7) is 4.00. The number of rotatable bonds is 4. The molecular weight excluding hydrogens is 226 g/mol. The van der Waals surface area contributed by atoms with Crippen molar-refractivity contribution in [1.29, 1.82) is 0 Å². The third kappa shape index (κ3) is 2.81. The Bertz CT molecular complexity index is 356. The lowest BCUT2D eigenvalue weighted by molar-refractivity contribution is -0.163. The minimum absolute atomic E-state index is 0.0391. The highest BCUT2D eigenvalue weighted by Crippen LogP contribution is 2.28. The summed E-state index contributed by atoms with van der Waals surface area (Å²) in [4.78, 5) is 15.0. The van der Waals surface area contributed by atoms with Gasteiger partial charge in [0.15, 0.2) is 0 Å². The van der Waals surface area contributed by atoms with Crippen molar-refractivity contribution in [2.75, 3.05) is 7.11 Å². The summed E-state index contributed by atoms with van der Waals surface area (Å²) in [6.07, 6.45) is 5.08. The molecule has 1 aromatic heterocycles. The Hall–Kier alpha value is -1.38. The van der Waals surface area contributed by atoms with Crippen molar-refractivity contribution >= 4 is 17.3 Å². The molecule has 4 nitrogen and oxygen atoms in total. The number of hydrogen-bond donors (Lipinski definition) is 1. The second kappa shape index (κ2) is 6.99. The maximum absolute atomic E-state index is 11.1. The van der Waals surface area contributed by atoms with E-state index in [0.29, 0.717) is 5.69 Å². The summed E-state index contributed by atoms with van der Waals surface area (Å²) in [5.41, 5.74) is 0.382. The zero-order valence-electron chi connectivity index (χ0n) is 9.56. The lowest BCUT2D eigenvalue weighted by Gasteiger charge is -2.23. The van der Waals surface area contributed by atoms with Crippen molar-refractivity contribution in [3.8, 4) is 12.3 Å². The van der Waals surface area contributed by atoms with Crippen LogP contribution in [-0.4, -0.2) is 23.2 Å². The van der Waals surface area contributed by atoms with Crippen molar-refractivity contribution in [2.24, 2.45) is 0 Å². The normalized spacial score (nSPS) is 12.9. The third-order valence-corrected chi connectivity index (χ3v) is 2.48.